The predicted molar refractivity (Wildman–Crippen MR) is 73.6 cm³/mol. The quantitative estimate of drug-likeness (QED) is 0.663. The summed E-state index contributed by atoms with van der Waals surface area (Å²) < 4.78 is 5.57. The summed E-state index contributed by atoms with van der Waals surface area (Å²) in [5, 5.41) is 3.06. The standard InChI is InChI=1S/C12H14N2O2.C2H6.H2/c1-3-5-10-11(4-2)16-8-9-6-13-7-12(15)14(9)10;1-2;/h1,4-5,9,13H,6-8H2,2H3;1-2H3;1H/b10-5+,11-4+;;. The maximum Gasteiger partial charge on any atom is 0.241 e. The number of rotatable bonds is 0. The monoisotopic (exact) mass is 250 g/mol. The Balaban J connectivity index is 0.00000103. The van der Waals surface area contributed by atoms with Crippen molar-refractivity contribution in [3.63, 3.8) is 0 Å². The lowest BCUT2D eigenvalue weighted by Crippen LogP contribution is -2.58. The molecule has 1 atom stereocenters. The van der Waals surface area contributed by atoms with Crippen LogP contribution in [0, 0.1) is 12.3 Å². The minimum absolute atomic E-state index is 0. The van der Waals surface area contributed by atoms with E-state index >= 15 is 0 Å². The van der Waals surface area contributed by atoms with Crippen molar-refractivity contribution < 1.29 is 11.0 Å². The molecule has 1 unspecified atom stereocenters. The maximum atomic E-state index is 11.8. The molecule has 0 bridgehead atoms. The summed E-state index contributed by atoms with van der Waals surface area (Å²) in [6.45, 7) is 7.48. The molecule has 0 radical (unpaired) electrons. The Labute approximate surface area is 110 Å². The fourth-order valence-corrected chi connectivity index (χ4v) is 2.02. The average Bonchev–Trinajstić information content (AvgIpc) is 2.42. The Morgan fingerprint density at radius 2 is 2.33 bits per heavy atom. The summed E-state index contributed by atoms with van der Waals surface area (Å²) in [5.41, 5.74) is 0.702. The van der Waals surface area contributed by atoms with Gasteiger partial charge in [0.1, 0.15) is 12.4 Å². The van der Waals surface area contributed by atoms with Crippen LogP contribution in [0.4, 0.5) is 0 Å². The molecule has 2 aliphatic heterocycles. The number of amides is 1. The number of carbonyl (C=O) groups excluding carboxylic acids is 1. The van der Waals surface area contributed by atoms with Crippen LogP contribution in [0.25, 0.3) is 0 Å². The molecule has 2 aliphatic rings. The van der Waals surface area contributed by atoms with E-state index in [0.29, 0.717) is 24.6 Å². The van der Waals surface area contributed by atoms with Crippen LogP contribution in [-0.4, -0.2) is 36.5 Å². The lowest BCUT2D eigenvalue weighted by atomic mass is 10.1. The van der Waals surface area contributed by atoms with Crippen LogP contribution in [0.15, 0.2) is 23.6 Å². The van der Waals surface area contributed by atoms with Crippen LogP contribution in [0.2, 0.25) is 0 Å². The van der Waals surface area contributed by atoms with E-state index in [0.717, 1.165) is 6.54 Å². The summed E-state index contributed by atoms with van der Waals surface area (Å²) >= 11 is 0. The molecule has 2 rings (SSSR count). The highest BCUT2D eigenvalue weighted by atomic mass is 16.5. The summed E-state index contributed by atoms with van der Waals surface area (Å²) in [4.78, 5) is 13.6. The number of terminal acetylenes is 1. The zero-order valence-electron chi connectivity index (χ0n) is 11.2. The summed E-state index contributed by atoms with van der Waals surface area (Å²) in [6.07, 6.45) is 8.70. The number of hydrogen-bond donors (Lipinski definition) is 1. The molecule has 2 saturated heterocycles. The van der Waals surface area contributed by atoms with Crippen LogP contribution in [0.5, 0.6) is 0 Å². The van der Waals surface area contributed by atoms with Crippen LogP contribution in [-0.2, 0) is 9.53 Å². The summed E-state index contributed by atoms with van der Waals surface area (Å²) in [6, 6.07) is 0.0459. The highest BCUT2D eigenvalue weighted by Gasteiger charge is 2.36. The van der Waals surface area contributed by atoms with Gasteiger partial charge in [0.2, 0.25) is 5.91 Å². The van der Waals surface area contributed by atoms with Crippen LogP contribution in [0.3, 0.4) is 0 Å². The molecule has 100 valence electrons. The Morgan fingerprint density at radius 3 is 2.94 bits per heavy atom. The van der Waals surface area contributed by atoms with Crippen molar-refractivity contribution in [3.05, 3.63) is 23.6 Å². The first kappa shape index (κ1) is 14.3. The lowest BCUT2D eigenvalue weighted by molar-refractivity contribution is -0.135. The van der Waals surface area contributed by atoms with Crippen molar-refractivity contribution in [1.82, 2.24) is 10.2 Å². The van der Waals surface area contributed by atoms with Crippen molar-refractivity contribution in [2.24, 2.45) is 0 Å². The lowest BCUT2D eigenvalue weighted by Gasteiger charge is -2.41. The normalized spacial score (nSPS) is 26.9. The van der Waals surface area contributed by atoms with Gasteiger partial charge in [0.25, 0.3) is 0 Å². The van der Waals surface area contributed by atoms with E-state index < -0.39 is 0 Å². The van der Waals surface area contributed by atoms with E-state index in [-0.39, 0.29) is 13.4 Å². The van der Waals surface area contributed by atoms with Gasteiger partial charge in [-0.2, -0.15) is 0 Å². The molecule has 0 aromatic rings. The molecule has 0 aliphatic carbocycles. The molecule has 0 aromatic carbocycles. The van der Waals surface area contributed by atoms with Gasteiger partial charge in [0.05, 0.1) is 18.3 Å². The molecular formula is C14H22N2O2. The van der Waals surface area contributed by atoms with Crippen LogP contribution < -0.4 is 5.32 Å². The smallest absolute Gasteiger partial charge is 0.241 e. The first-order chi connectivity index (χ1) is 8.77. The average molecular weight is 250 g/mol. The fraction of sp³-hybridized carbons (Fsp3) is 0.500. The molecule has 2 fully saturated rings. The molecule has 4 nitrogen and oxygen atoms in total. The summed E-state index contributed by atoms with van der Waals surface area (Å²) in [5.74, 6) is 3.18. The van der Waals surface area contributed by atoms with E-state index in [4.69, 9.17) is 11.2 Å². The highest BCUT2D eigenvalue weighted by Crippen LogP contribution is 2.26. The number of carbonyl (C=O) groups is 1. The zero-order valence-corrected chi connectivity index (χ0v) is 11.2. The van der Waals surface area contributed by atoms with Crippen LogP contribution in [0.1, 0.15) is 22.2 Å². The van der Waals surface area contributed by atoms with Gasteiger partial charge in [-0.3, -0.25) is 9.69 Å². The van der Waals surface area contributed by atoms with Crippen molar-refractivity contribution in [2.75, 3.05) is 19.7 Å². The molecule has 18 heavy (non-hydrogen) atoms. The van der Waals surface area contributed by atoms with Gasteiger partial charge in [0.15, 0.2) is 0 Å². The number of hydrogen-bond acceptors (Lipinski definition) is 3. The first-order valence-corrected chi connectivity index (χ1v) is 6.26. The SMILES string of the molecule is C#C/C=C1\C(=C/C)OCC2CNCC(=O)N12.CC.[HH]. The second kappa shape index (κ2) is 6.87. The second-order valence-electron chi connectivity index (χ2n) is 3.71. The van der Waals surface area contributed by atoms with Gasteiger partial charge in [-0.05, 0) is 13.0 Å². The maximum absolute atomic E-state index is 11.8. The Hall–Kier alpha value is -1.73. The number of nitrogens with one attached hydrogen (secondary N) is 1. The Kier molecular flexibility index (Phi) is 5.47. The third-order valence-corrected chi connectivity index (χ3v) is 2.72. The molecule has 2 heterocycles. The molecule has 4 heteroatoms. The van der Waals surface area contributed by atoms with Crippen molar-refractivity contribution in [3.8, 4) is 12.3 Å². The van der Waals surface area contributed by atoms with E-state index in [1.54, 1.807) is 11.0 Å². The topological polar surface area (TPSA) is 41.6 Å². The highest BCUT2D eigenvalue weighted by molar-refractivity contribution is 5.82. The van der Waals surface area contributed by atoms with E-state index in [9.17, 15) is 4.79 Å². The minimum atomic E-state index is 0. The zero-order chi connectivity index (χ0) is 13.5. The largest absolute Gasteiger partial charge is 0.490 e. The van der Waals surface area contributed by atoms with Gasteiger partial charge in [-0.25, -0.2) is 0 Å². The predicted octanol–water partition coefficient (Wildman–Crippen LogP) is 1.51. The fourth-order valence-electron chi connectivity index (χ4n) is 2.02. The number of piperazine rings is 1. The second-order valence-corrected chi connectivity index (χ2v) is 3.71. The van der Waals surface area contributed by atoms with Crippen LogP contribution >= 0.6 is 0 Å². The third-order valence-electron chi connectivity index (χ3n) is 2.72. The van der Waals surface area contributed by atoms with E-state index in [1.165, 1.54) is 0 Å². The molecule has 0 aromatic heterocycles. The number of nitrogens with zero attached hydrogens (tertiary/aromatic N) is 1. The van der Waals surface area contributed by atoms with Crippen molar-refractivity contribution in [1.29, 1.82) is 0 Å². The number of fused-ring (bicyclic) bond motifs is 1. The molecule has 1 N–H and O–H groups in total. The molecule has 0 saturated carbocycles. The molecule has 0 spiro atoms. The Morgan fingerprint density at radius 1 is 1.61 bits per heavy atom. The van der Waals surface area contributed by atoms with Gasteiger partial charge in [-0.1, -0.05) is 19.8 Å². The van der Waals surface area contributed by atoms with Crippen molar-refractivity contribution in [2.45, 2.75) is 26.8 Å². The van der Waals surface area contributed by atoms with Gasteiger partial charge >= 0.3 is 0 Å². The molecule has 1 amide bonds. The van der Waals surface area contributed by atoms with E-state index in [2.05, 4.69) is 11.2 Å². The number of ether oxygens (including phenoxy) is 1. The van der Waals surface area contributed by atoms with Gasteiger partial charge < -0.3 is 10.1 Å². The first-order valence-electron chi connectivity index (χ1n) is 6.26. The number of allylic oxidation sites excluding steroid dienone is 2. The number of morpholine rings is 1. The minimum Gasteiger partial charge on any atom is -0.490 e. The Bertz CT molecular complexity index is 410. The van der Waals surface area contributed by atoms with E-state index in [1.807, 2.05) is 26.8 Å². The van der Waals surface area contributed by atoms with Gasteiger partial charge in [0, 0.05) is 14.0 Å². The molecular weight excluding hydrogens is 228 g/mol. The summed E-state index contributed by atoms with van der Waals surface area (Å²) in [7, 11) is 0. The van der Waals surface area contributed by atoms with Crippen molar-refractivity contribution >= 4 is 5.91 Å². The van der Waals surface area contributed by atoms with Gasteiger partial charge in [-0.15, -0.1) is 6.42 Å². The third kappa shape index (κ3) is 2.74.